The summed E-state index contributed by atoms with van der Waals surface area (Å²) in [6.07, 6.45) is 0. The summed E-state index contributed by atoms with van der Waals surface area (Å²) in [7, 11) is 1.57. The number of aliphatic hydroxyl groups is 1. The van der Waals surface area contributed by atoms with Crippen LogP contribution in [0.3, 0.4) is 0 Å². The normalized spacial score (nSPS) is 10.3. The van der Waals surface area contributed by atoms with Crippen molar-refractivity contribution in [2.75, 3.05) is 40.0 Å². The Morgan fingerprint density at radius 3 is 2.68 bits per heavy atom. The van der Waals surface area contributed by atoms with Crippen LogP contribution in [0.4, 0.5) is 0 Å². The van der Waals surface area contributed by atoms with Crippen LogP contribution >= 0.6 is 0 Å². The van der Waals surface area contributed by atoms with E-state index in [1.165, 1.54) is 4.90 Å². The molecule has 1 N–H and O–H groups in total. The largest absolute Gasteiger partial charge is 0.484 e. The third-order valence-corrected chi connectivity index (χ3v) is 2.73. The van der Waals surface area contributed by atoms with Crippen LogP contribution in [0.1, 0.15) is 5.56 Å². The van der Waals surface area contributed by atoms with E-state index in [1.807, 2.05) is 31.2 Å². The maximum atomic E-state index is 12.0. The van der Waals surface area contributed by atoms with Gasteiger partial charge in [0.25, 0.3) is 5.91 Å². The molecule has 0 spiro atoms. The van der Waals surface area contributed by atoms with Gasteiger partial charge in [-0.1, -0.05) is 18.2 Å². The van der Waals surface area contributed by atoms with E-state index in [0.29, 0.717) is 25.4 Å². The van der Waals surface area contributed by atoms with Crippen molar-refractivity contribution in [1.82, 2.24) is 4.90 Å². The summed E-state index contributed by atoms with van der Waals surface area (Å²) in [4.78, 5) is 13.5. The van der Waals surface area contributed by atoms with Gasteiger partial charge in [0.2, 0.25) is 0 Å². The van der Waals surface area contributed by atoms with Gasteiger partial charge in [-0.3, -0.25) is 4.79 Å². The van der Waals surface area contributed by atoms with Crippen molar-refractivity contribution in [3.8, 4) is 5.75 Å². The molecule has 0 saturated heterocycles. The first-order valence-electron chi connectivity index (χ1n) is 6.25. The summed E-state index contributed by atoms with van der Waals surface area (Å²) < 4.78 is 10.4. The molecule has 1 amide bonds. The first-order valence-corrected chi connectivity index (χ1v) is 6.25. The van der Waals surface area contributed by atoms with Gasteiger partial charge in [-0.05, 0) is 18.6 Å². The third kappa shape index (κ3) is 5.28. The van der Waals surface area contributed by atoms with Crippen LogP contribution < -0.4 is 4.74 Å². The number of rotatable bonds is 8. The van der Waals surface area contributed by atoms with Crippen LogP contribution in [-0.2, 0) is 9.53 Å². The van der Waals surface area contributed by atoms with Crippen LogP contribution in [0, 0.1) is 6.92 Å². The Morgan fingerprint density at radius 2 is 2.05 bits per heavy atom. The van der Waals surface area contributed by atoms with Crippen LogP contribution in [0.15, 0.2) is 24.3 Å². The highest BCUT2D eigenvalue weighted by atomic mass is 16.5. The van der Waals surface area contributed by atoms with Gasteiger partial charge in [0, 0.05) is 20.2 Å². The second kappa shape index (κ2) is 8.50. The molecule has 5 heteroatoms. The number of aryl methyl sites for hydroxylation is 1. The van der Waals surface area contributed by atoms with Crippen molar-refractivity contribution in [2.45, 2.75) is 6.92 Å². The summed E-state index contributed by atoms with van der Waals surface area (Å²) in [6, 6.07) is 7.54. The molecule has 5 nitrogen and oxygen atoms in total. The lowest BCUT2D eigenvalue weighted by Crippen LogP contribution is -2.39. The Bertz CT molecular complexity index is 395. The van der Waals surface area contributed by atoms with Crippen LogP contribution in [0.25, 0.3) is 0 Å². The Kier molecular flexibility index (Phi) is 6.92. The Balaban J connectivity index is 2.50. The SMILES string of the molecule is COCCN(CCO)C(=O)COc1ccccc1C. The molecule has 0 heterocycles. The molecule has 1 aromatic carbocycles. The molecule has 0 fully saturated rings. The highest BCUT2D eigenvalue weighted by molar-refractivity contribution is 5.77. The van der Waals surface area contributed by atoms with Gasteiger partial charge in [-0.2, -0.15) is 0 Å². The van der Waals surface area contributed by atoms with Crippen molar-refractivity contribution in [2.24, 2.45) is 0 Å². The minimum Gasteiger partial charge on any atom is -0.484 e. The van der Waals surface area contributed by atoms with Gasteiger partial charge < -0.3 is 19.5 Å². The Labute approximate surface area is 113 Å². The molecule has 0 aliphatic rings. The highest BCUT2D eigenvalue weighted by Gasteiger charge is 2.13. The molecule has 0 atom stereocenters. The molecule has 0 bridgehead atoms. The van der Waals surface area contributed by atoms with E-state index < -0.39 is 0 Å². The average Bonchev–Trinajstić information content (AvgIpc) is 2.42. The molecule has 1 rings (SSSR count). The van der Waals surface area contributed by atoms with Gasteiger partial charge in [0.05, 0.1) is 13.2 Å². The van der Waals surface area contributed by atoms with Crippen molar-refractivity contribution in [3.63, 3.8) is 0 Å². The molecule has 0 aliphatic heterocycles. The standard InChI is InChI=1S/C14H21NO4/c1-12-5-3-4-6-13(12)19-11-14(17)15(7-9-16)8-10-18-2/h3-6,16H,7-11H2,1-2H3. The number of amides is 1. The second-order valence-electron chi connectivity index (χ2n) is 4.15. The molecule has 0 aromatic heterocycles. The number of nitrogens with zero attached hydrogens (tertiary/aromatic N) is 1. The van der Waals surface area contributed by atoms with Crippen molar-refractivity contribution in [1.29, 1.82) is 0 Å². The summed E-state index contributed by atoms with van der Waals surface area (Å²) in [5.74, 6) is 0.542. The molecule has 106 valence electrons. The summed E-state index contributed by atoms with van der Waals surface area (Å²) in [6.45, 7) is 3.01. The predicted molar refractivity (Wildman–Crippen MR) is 72.2 cm³/mol. The summed E-state index contributed by atoms with van der Waals surface area (Å²) in [5, 5.41) is 8.94. The monoisotopic (exact) mass is 267 g/mol. The number of carbonyl (C=O) groups excluding carboxylic acids is 1. The fraction of sp³-hybridized carbons (Fsp3) is 0.500. The van der Waals surface area contributed by atoms with Gasteiger partial charge in [-0.15, -0.1) is 0 Å². The van der Waals surface area contributed by atoms with Gasteiger partial charge >= 0.3 is 0 Å². The quantitative estimate of drug-likeness (QED) is 0.758. The maximum Gasteiger partial charge on any atom is 0.260 e. The van der Waals surface area contributed by atoms with Crippen molar-refractivity contribution in [3.05, 3.63) is 29.8 Å². The Morgan fingerprint density at radius 1 is 1.32 bits per heavy atom. The van der Waals surface area contributed by atoms with E-state index in [0.717, 1.165) is 5.56 Å². The number of carbonyl (C=O) groups is 1. The molecule has 0 radical (unpaired) electrons. The van der Waals surface area contributed by atoms with Gasteiger partial charge in [-0.25, -0.2) is 0 Å². The predicted octanol–water partition coefficient (Wildman–Crippen LogP) is 0.841. The van der Waals surface area contributed by atoms with E-state index >= 15 is 0 Å². The molecule has 0 aliphatic carbocycles. The fourth-order valence-electron chi connectivity index (χ4n) is 1.63. The van der Waals surface area contributed by atoms with Gasteiger partial charge in [0.1, 0.15) is 5.75 Å². The molecule has 1 aromatic rings. The molecular formula is C14H21NO4. The fourth-order valence-corrected chi connectivity index (χ4v) is 1.63. The van der Waals surface area contributed by atoms with Gasteiger partial charge in [0.15, 0.2) is 6.61 Å². The maximum absolute atomic E-state index is 12.0. The number of hydrogen-bond donors (Lipinski definition) is 1. The van der Waals surface area contributed by atoms with E-state index in [9.17, 15) is 4.79 Å². The van der Waals surface area contributed by atoms with E-state index in [-0.39, 0.29) is 19.1 Å². The average molecular weight is 267 g/mol. The number of methoxy groups -OCH3 is 1. The first kappa shape index (κ1) is 15.5. The number of para-hydroxylation sites is 1. The minimum atomic E-state index is -0.158. The van der Waals surface area contributed by atoms with Crippen LogP contribution in [-0.4, -0.2) is 55.9 Å². The lowest BCUT2D eigenvalue weighted by atomic mass is 10.2. The van der Waals surface area contributed by atoms with Crippen LogP contribution in [0.5, 0.6) is 5.75 Å². The topological polar surface area (TPSA) is 59.0 Å². The summed E-state index contributed by atoms with van der Waals surface area (Å²) >= 11 is 0. The van der Waals surface area contributed by atoms with Crippen LogP contribution in [0.2, 0.25) is 0 Å². The van der Waals surface area contributed by atoms with E-state index in [4.69, 9.17) is 14.6 Å². The zero-order valence-corrected chi connectivity index (χ0v) is 11.5. The number of ether oxygens (including phenoxy) is 2. The Hall–Kier alpha value is -1.59. The van der Waals surface area contributed by atoms with Crippen molar-refractivity contribution >= 4 is 5.91 Å². The third-order valence-electron chi connectivity index (χ3n) is 2.73. The van der Waals surface area contributed by atoms with Crippen molar-refractivity contribution < 1.29 is 19.4 Å². The molecular weight excluding hydrogens is 246 g/mol. The zero-order valence-electron chi connectivity index (χ0n) is 11.5. The lowest BCUT2D eigenvalue weighted by molar-refractivity contribution is -0.134. The molecule has 19 heavy (non-hydrogen) atoms. The van der Waals surface area contributed by atoms with E-state index in [1.54, 1.807) is 7.11 Å². The number of benzene rings is 1. The first-order chi connectivity index (χ1) is 9.19. The molecule has 0 saturated carbocycles. The molecule has 0 unspecified atom stereocenters. The zero-order chi connectivity index (χ0) is 14.1. The summed E-state index contributed by atoms with van der Waals surface area (Å²) in [5.41, 5.74) is 0.987. The minimum absolute atomic E-state index is 0.0332. The smallest absolute Gasteiger partial charge is 0.260 e. The highest BCUT2D eigenvalue weighted by Crippen LogP contribution is 2.15. The number of aliphatic hydroxyl groups excluding tert-OH is 1. The second-order valence-corrected chi connectivity index (χ2v) is 4.15. The lowest BCUT2D eigenvalue weighted by Gasteiger charge is -2.21. The number of hydrogen-bond acceptors (Lipinski definition) is 4. The van der Waals surface area contributed by atoms with E-state index in [2.05, 4.69) is 0 Å².